The van der Waals surface area contributed by atoms with Crippen LogP contribution >= 0.6 is 0 Å². The predicted molar refractivity (Wildman–Crippen MR) is 84.5 cm³/mol. The molecule has 1 saturated heterocycles. The number of aliphatic hydroxyl groups is 1. The summed E-state index contributed by atoms with van der Waals surface area (Å²) in [6, 6.07) is 0. The maximum Gasteiger partial charge on any atom is 0.309 e. The van der Waals surface area contributed by atoms with E-state index in [1.165, 1.54) is 0 Å². The molecule has 3 aliphatic carbocycles. The molecule has 0 aromatic carbocycles. The van der Waals surface area contributed by atoms with Gasteiger partial charge in [-0.15, -0.1) is 0 Å². The Morgan fingerprint density at radius 3 is 2.65 bits per heavy atom. The molecule has 1 aliphatic heterocycles. The summed E-state index contributed by atoms with van der Waals surface area (Å²) in [7, 11) is 0. The number of aliphatic hydroxyl groups excluding tert-OH is 1. The molecule has 0 radical (unpaired) electrons. The van der Waals surface area contributed by atoms with Crippen LogP contribution in [0.3, 0.4) is 0 Å². The molecular weight excluding hydrogens is 292 g/mol. The molecule has 2 bridgehead atoms. The van der Waals surface area contributed by atoms with Gasteiger partial charge in [0, 0.05) is 18.4 Å². The van der Waals surface area contributed by atoms with E-state index in [0.29, 0.717) is 18.1 Å². The molecule has 0 amide bonds. The predicted octanol–water partition coefficient (Wildman–Crippen LogP) is 2.72. The molecule has 0 aromatic heterocycles. The monoisotopic (exact) mass is 320 g/mol. The number of rotatable bonds is 2. The van der Waals surface area contributed by atoms with Crippen molar-refractivity contribution in [3.05, 3.63) is 0 Å². The number of Topliss-reactive ketones (excluding diaryl/α,β-unsaturated/α-hetero) is 1. The number of ketones is 1. The van der Waals surface area contributed by atoms with E-state index in [0.717, 1.165) is 38.5 Å². The minimum absolute atomic E-state index is 0.0123. The second kappa shape index (κ2) is 5.05. The second-order valence-corrected chi connectivity index (χ2v) is 8.87. The normalized spacial score (nSPS) is 52.4. The van der Waals surface area contributed by atoms with Crippen molar-refractivity contribution in [3.63, 3.8) is 0 Å². The van der Waals surface area contributed by atoms with Crippen LogP contribution in [0.1, 0.15) is 58.8 Å². The van der Waals surface area contributed by atoms with Crippen LogP contribution in [0.4, 0.5) is 0 Å². The van der Waals surface area contributed by atoms with E-state index in [1.54, 1.807) is 0 Å². The van der Waals surface area contributed by atoms with Crippen molar-refractivity contribution in [2.45, 2.75) is 64.9 Å². The molecule has 4 heteroatoms. The largest absolute Gasteiger partial charge is 0.462 e. The van der Waals surface area contributed by atoms with Crippen LogP contribution in [-0.2, 0) is 14.3 Å². The molecule has 7 atom stereocenters. The maximum atomic E-state index is 12.4. The summed E-state index contributed by atoms with van der Waals surface area (Å²) in [5.74, 6) is 1.10. The summed E-state index contributed by atoms with van der Waals surface area (Å²) in [6.45, 7) is 4.49. The molecule has 128 valence electrons. The fourth-order valence-electron chi connectivity index (χ4n) is 6.59. The van der Waals surface area contributed by atoms with Crippen molar-refractivity contribution >= 4 is 11.8 Å². The van der Waals surface area contributed by atoms with Crippen molar-refractivity contribution in [2.24, 2.45) is 34.5 Å². The lowest BCUT2D eigenvalue weighted by atomic mass is 9.50. The zero-order chi connectivity index (χ0) is 16.4. The van der Waals surface area contributed by atoms with Gasteiger partial charge in [-0.1, -0.05) is 13.8 Å². The Morgan fingerprint density at radius 2 is 1.91 bits per heavy atom. The molecule has 0 spiro atoms. The standard InChI is InChI=1S/C19H28O4/c1-18(7-5-11-9-15(18)17(22)23-11)14-6-8-19(2)13(12(14)10-20)3-4-16(19)21/h11-15,20H,3-10H2,1-2H3/t11?,12-,13-,14-,15+,18+,19-/m0/s1. The summed E-state index contributed by atoms with van der Waals surface area (Å²) >= 11 is 0. The van der Waals surface area contributed by atoms with Gasteiger partial charge in [0.2, 0.25) is 0 Å². The Labute approximate surface area is 138 Å². The van der Waals surface area contributed by atoms with E-state index >= 15 is 0 Å². The molecule has 3 saturated carbocycles. The molecule has 4 aliphatic rings. The Bertz CT molecular complexity index is 543. The first-order chi connectivity index (χ1) is 10.9. The van der Waals surface area contributed by atoms with Gasteiger partial charge >= 0.3 is 5.97 Å². The topological polar surface area (TPSA) is 63.6 Å². The molecule has 1 N–H and O–H groups in total. The average Bonchev–Trinajstić information content (AvgIpc) is 3.01. The van der Waals surface area contributed by atoms with Crippen LogP contribution in [0.15, 0.2) is 0 Å². The van der Waals surface area contributed by atoms with Crippen molar-refractivity contribution in [2.75, 3.05) is 6.61 Å². The lowest BCUT2D eigenvalue weighted by Crippen LogP contribution is -2.51. The number of fused-ring (bicyclic) bond motifs is 3. The van der Waals surface area contributed by atoms with Crippen LogP contribution in [0.5, 0.6) is 0 Å². The molecule has 1 heterocycles. The van der Waals surface area contributed by atoms with Crippen LogP contribution in [0.2, 0.25) is 0 Å². The van der Waals surface area contributed by atoms with Gasteiger partial charge in [-0.3, -0.25) is 9.59 Å². The third-order valence-corrected chi connectivity index (χ3v) is 8.07. The van der Waals surface area contributed by atoms with Crippen LogP contribution in [-0.4, -0.2) is 29.6 Å². The molecule has 4 rings (SSSR count). The Balaban J connectivity index is 1.66. The van der Waals surface area contributed by atoms with E-state index in [1.807, 2.05) is 0 Å². The third kappa shape index (κ3) is 2.00. The van der Waals surface area contributed by atoms with Crippen molar-refractivity contribution < 1.29 is 19.4 Å². The molecule has 0 aromatic rings. The van der Waals surface area contributed by atoms with Gasteiger partial charge in [-0.2, -0.15) is 0 Å². The number of esters is 1. The van der Waals surface area contributed by atoms with Gasteiger partial charge in [0.25, 0.3) is 0 Å². The van der Waals surface area contributed by atoms with Gasteiger partial charge in [0.05, 0.1) is 5.92 Å². The van der Waals surface area contributed by atoms with Gasteiger partial charge in [0.15, 0.2) is 0 Å². The van der Waals surface area contributed by atoms with Crippen LogP contribution in [0.25, 0.3) is 0 Å². The number of ether oxygens (including phenoxy) is 1. The Kier molecular flexibility index (Phi) is 3.43. The quantitative estimate of drug-likeness (QED) is 0.795. The SMILES string of the molecule is C[C@]1([C@H]2CC[C@]3(C)C(=O)CC[C@H]3[C@@H]2CO)CCC2C[C@@H]1C(=O)O2. The number of hydrogen-bond donors (Lipinski definition) is 1. The first kappa shape index (κ1) is 15.6. The average molecular weight is 320 g/mol. The second-order valence-electron chi connectivity index (χ2n) is 8.87. The van der Waals surface area contributed by atoms with E-state index in [9.17, 15) is 14.7 Å². The van der Waals surface area contributed by atoms with E-state index in [-0.39, 0.29) is 47.3 Å². The molecular formula is C19H28O4. The van der Waals surface area contributed by atoms with E-state index in [4.69, 9.17) is 4.74 Å². The Hall–Kier alpha value is -0.900. The number of carbonyl (C=O) groups excluding carboxylic acids is 2. The first-order valence-electron chi connectivity index (χ1n) is 9.25. The first-order valence-corrected chi connectivity index (χ1v) is 9.25. The smallest absolute Gasteiger partial charge is 0.309 e. The van der Waals surface area contributed by atoms with Gasteiger partial charge in [0.1, 0.15) is 11.9 Å². The van der Waals surface area contributed by atoms with E-state index < -0.39 is 0 Å². The summed E-state index contributed by atoms with van der Waals surface area (Å²) < 4.78 is 5.51. The van der Waals surface area contributed by atoms with Crippen molar-refractivity contribution in [1.29, 1.82) is 0 Å². The highest BCUT2D eigenvalue weighted by atomic mass is 16.6. The summed E-state index contributed by atoms with van der Waals surface area (Å²) in [5, 5.41) is 10.2. The molecule has 4 nitrogen and oxygen atoms in total. The Morgan fingerprint density at radius 1 is 1.13 bits per heavy atom. The highest BCUT2D eigenvalue weighted by Crippen LogP contribution is 2.62. The zero-order valence-electron chi connectivity index (χ0n) is 14.2. The number of hydrogen-bond acceptors (Lipinski definition) is 4. The van der Waals surface area contributed by atoms with Crippen LogP contribution in [0, 0.1) is 34.5 Å². The van der Waals surface area contributed by atoms with Gasteiger partial charge in [-0.05, 0) is 61.7 Å². The highest BCUT2D eigenvalue weighted by Gasteiger charge is 2.61. The minimum Gasteiger partial charge on any atom is -0.462 e. The van der Waals surface area contributed by atoms with Gasteiger partial charge < -0.3 is 9.84 Å². The summed E-state index contributed by atoms with van der Waals surface area (Å²) in [6.07, 6.45) is 6.37. The fourth-order valence-corrected chi connectivity index (χ4v) is 6.59. The molecule has 1 unspecified atom stereocenters. The van der Waals surface area contributed by atoms with Gasteiger partial charge in [-0.25, -0.2) is 0 Å². The van der Waals surface area contributed by atoms with Crippen LogP contribution < -0.4 is 0 Å². The summed E-state index contributed by atoms with van der Waals surface area (Å²) in [4.78, 5) is 24.7. The zero-order valence-corrected chi connectivity index (χ0v) is 14.2. The molecule has 4 fully saturated rings. The van der Waals surface area contributed by atoms with E-state index in [2.05, 4.69) is 13.8 Å². The van der Waals surface area contributed by atoms with Crippen molar-refractivity contribution in [3.8, 4) is 0 Å². The van der Waals surface area contributed by atoms with Crippen molar-refractivity contribution in [1.82, 2.24) is 0 Å². The number of carbonyl (C=O) groups is 2. The summed E-state index contributed by atoms with van der Waals surface area (Å²) in [5.41, 5.74) is -0.321. The highest BCUT2D eigenvalue weighted by molar-refractivity contribution is 5.87. The fraction of sp³-hybridized carbons (Fsp3) is 0.895. The minimum atomic E-state index is -0.242. The lowest BCUT2D eigenvalue weighted by molar-refractivity contribution is -0.149. The molecule has 23 heavy (non-hydrogen) atoms. The lowest BCUT2D eigenvalue weighted by Gasteiger charge is -2.53. The maximum absolute atomic E-state index is 12.4. The third-order valence-electron chi connectivity index (χ3n) is 8.07.